The molecule has 16 nitrogen and oxygen atoms in total. The minimum atomic E-state index is -1.07. The van der Waals surface area contributed by atoms with Gasteiger partial charge in [-0.05, 0) is 35.4 Å². The van der Waals surface area contributed by atoms with Gasteiger partial charge in [0.15, 0.2) is 0 Å². The van der Waals surface area contributed by atoms with Crippen LogP contribution in [0.25, 0.3) is 0 Å². The summed E-state index contributed by atoms with van der Waals surface area (Å²) < 4.78 is 0. The molecule has 214 valence electrons. The quantitative estimate of drug-likeness (QED) is 0.0836. The zero-order valence-electron chi connectivity index (χ0n) is 20.6. The second kappa shape index (κ2) is 15.7. The molecule has 18 heteroatoms. The summed E-state index contributed by atoms with van der Waals surface area (Å²) in [6.45, 7) is -0.569. The van der Waals surface area contributed by atoms with Crippen molar-refractivity contribution in [1.29, 1.82) is 0 Å². The minimum Gasteiger partial charge on any atom is -0.368 e. The number of benzene rings is 2. The maximum absolute atomic E-state index is 12.5. The summed E-state index contributed by atoms with van der Waals surface area (Å²) in [5, 5.41) is 23.7. The summed E-state index contributed by atoms with van der Waals surface area (Å²) in [5.74, 6) is -2.74. The Morgan fingerprint density at radius 3 is 1.30 bits per heavy atom. The number of hydrogen-bond donors (Lipinski definition) is 4. The van der Waals surface area contributed by atoms with Crippen LogP contribution in [0, 0.1) is 20.2 Å². The van der Waals surface area contributed by atoms with Crippen molar-refractivity contribution in [1.82, 2.24) is 10.6 Å². The summed E-state index contributed by atoms with van der Waals surface area (Å²) in [7, 11) is 2.22. The van der Waals surface area contributed by atoms with Gasteiger partial charge >= 0.3 is 0 Å². The second-order valence-corrected chi connectivity index (χ2v) is 10.4. The summed E-state index contributed by atoms with van der Waals surface area (Å²) in [6.07, 6.45) is 0. The number of primary amides is 2. The van der Waals surface area contributed by atoms with Crippen molar-refractivity contribution in [3.8, 4) is 0 Å². The third-order valence-electron chi connectivity index (χ3n) is 4.96. The van der Waals surface area contributed by atoms with Crippen LogP contribution in [-0.4, -0.2) is 57.4 Å². The van der Waals surface area contributed by atoms with Gasteiger partial charge in [-0.15, -0.1) is 20.2 Å². The molecule has 0 fully saturated rings. The van der Waals surface area contributed by atoms with Gasteiger partial charge in [-0.25, -0.2) is 0 Å². The summed E-state index contributed by atoms with van der Waals surface area (Å²) in [6, 6.07) is 9.32. The maximum atomic E-state index is 12.5. The van der Waals surface area contributed by atoms with Crippen molar-refractivity contribution in [3.63, 3.8) is 0 Å². The number of nitrogens with two attached hydrogens (primary N) is 2. The Morgan fingerprint density at radius 2 is 1.02 bits per heavy atom. The van der Waals surface area contributed by atoms with Gasteiger partial charge in [-0.3, -0.25) is 19.2 Å². The first-order chi connectivity index (χ1) is 19.0. The van der Waals surface area contributed by atoms with Crippen molar-refractivity contribution in [2.45, 2.75) is 25.3 Å². The van der Waals surface area contributed by atoms with Gasteiger partial charge in [-0.1, -0.05) is 45.9 Å². The molecule has 0 saturated heterocycles. The Kier molecular flexibility index (Phi) is 12.4. The van der Waals surface area contributed by atoms with Gasteiger partial charge in [0, 0.05) is 22.6 Å². The molecule has 0 aliphatic heterocycles. The van der Waals surface area contributed by atoms with Crippen LogP contribution >= 0.6 is 21.6 Å². The highest BCUT2D eigenvalue weighted by Crippen LogP contribution is 2.23. The molecule has 2 aromatic carbocycles. The summed E-state index contributed by atoms with van der Waals surface area (Å²) >= 11 is 0. The van der Waals surface area contributed by atoms with Gasteiger partial charge in [0.1, 0.15) is 25.3 Å². The Bertz CT molecular complexity index is 1130. The van der Waals surface area contributed by atoms with E-state index in [0.717, 1.165) is 21.6 Å². The molecule has 0 aliphatic carbocycles. The van der Waals surface area contributed by atoms with Crippen LogP contribution in [0.4, 0.5) is 0 Å². The molecule has 0 heterocycles. The Labute approximate surface area is 234 Å². The molecule has 40 heavy (non-hydrogen) atoms. The van der Waals surface area contributed by atoms with Crippen molar-refractivity contribution in [2.24, 2.45) is 11.5 Å². The number of carbonyl (C=O) groups excluding carboxylic acids is 4. The highest BCUT2D eigenvalue weighted by molar-refractivity contribution is 8.76. The molecule has 2 rings (SSSR count). The number of nitrogens with zero attached hydrogens (tertiary/aromatic N) is 2. The third kappa shape index (κ3) is 11.0. The van der Waals surface area contributed by atoms with Crippen molar-refractivity contribution in [2.75, 3.05) is 11.5 Å². The second-order valence-electron chi connectivity index (χ2n) is 7.81. The molecule has 0 radical (unpaired) electrons. The Balaban J connectivity index is 1.84. The molecule has 2 atom stereocenters. The van der Waals surface area contributed by atoms with E-state index < -0.39 is 45.9 Å². The molecule has 0 spiro atoms. The number of carbonyl (C=O) groups is 4. The highest BCUT2D eigenvalue weighted by Gasteiger charge is 2.22. The topological polar surface area (TPSA) is 249 Å². The molecule has 0 aliphatic rings. The van der Waals surface area contributed by atoms with Crippen LogP contribution < -0.4 is 22.1 Å². The maximum Gasteiger partial charge on any atom is 0.294 e. The van der Waals surface area contributed by atoms with Crippen LogP contribution in [0.2, 0.25) is 0 Å². The summed E-state index contributed by atoms with van der Waals surface area (Å²) in [4.78, 5) is 77.7. The lowest BCUT2D eigenvalue weighted by molar-refractivity contribution is -0.763. The van der Waals surface area contributed by atoms with Crippen molar-refractivity contribution >= 4 is 45.2 Å². The van der Waals surface area contributed by atoms with Gasteiger partial charge in [-0.2, -0.15) is 0 Å². The van der Waals surface area contributed by atoms with Gasteiger partial charge in [0.05, 0.1) is 0 Å². The normalized spacial score (nSPS) is 11.9. The third-order valence-corrected chi connectivity index (χ3v) is 7.38. The lowest BCUT2D eigenvalue weighted by Crippen LogP contribution is -2.46. The summed E-state index contributed by atoms with van der Waals surface area (Å²) in [5.41, 5.74) is 12.1. The van der Waals surface area contributed by atoms with Crippen LogP contribution in [0.1, 0.15) is 31.8 Å². The number of amides is 4. The van der Waals surface area contributed by atoms with E-state index in [1.165, 1.54) is 48.5 Å². The van der Waals surface area contributed by atoms with Gasteiger partial charge in [0.25, 0.3) is 22.0 Å². The lowest BCUT2D eigenvalue weighted by Gasteiger charge is -2.17. The van der Waals surface area contributed by atoms with Crippen LogP contribution in [0.5, 0.6) is 0 Å². The van der Waals surface area contributed by atoms with E-state index in [-0.39, 0.29) is 35.8 Å². The predicted octanol–water partition coefficient (Wildman–Crippen LogP) is 0.352. The van der Waals surface area contributed by atoms with E-state index in [1.807, 2.05) is 0 Å². The molecule has 0 saturated carbocycles. The average molecular weight is 597 g/mol. The smallest absolute Gasteiger partial charge is 0.294 e. The zero-order valence-corrected chi connectivity index (χ0v) is 22.2. The number of nitrogens with one attached hydrogen (secondary N) is 2. The van der Waals surface area contributed by atoms with Crippen LogP contribution in [0.15, 0.2) is 48.5 Å². The highest BCUT2D eigenvalue weighted by atomic mass is 33.1. The van der Waals surface area contributed by atoms with Crippen LogP contribution in [-0.2, 0) is 32.5 Å². The molecular formula is C22H24N6O10S2. The Morgan fingerprint density at radius 1 is 0.700 bits per heavy atom. The number of hydrogen-bond acceptors (Lipinski definition) is 12. The standard InChI is InChI=1S/C22H24N6O10S2/c23-19(29)17(25-21(31)15-5-1-13(2-6-15)9-37-27(33)34)11-39-40-12-18(20(24)30)26-22(32)16-7-3-14(4-8-16)10-38-28(35)36/h1-8,17-18H,9-12H2,(H2,23,29)(H2,24,30)(H,25,31)(H,26,32)/t17-,18-/m1/s1. The van der Waals surface area contributed by atoms with Gasteiger partial charge in [0.2, 0.25) is 11.8 Å². The fourth-order valence-corrected chi connectivity index (χ4v) is 5.22. The molecule has 0 aromatic heterocycles. The van der Waals surface area contributed by atoms with E-state index in [1.54, 1.807) is 0 Å². The number of rotatable bonds is 17. The van der Waals surface area contributed by atoms with Gasteiger partial charge < -0.3 is 31.8 Å². The van der Waals surface area contributed by atoms with E-state index in [9.17, 15) is 39.4 Å². The largest absolute Gasteiger partial charge is 0.368 e. The minimum absolute atomic E-state index is 0.0353. The zero-order chi connectivity index (χ0) is 29.7. The predicted molar refractivity (Wildman–Crippen MR) is 142 cm³/mol. The fraction of sp³-hybridized carbons (Fsp3) is 0.273. The molecule has 2 aromatic rings. The first-order valence-electron chi connectivity index (χ1n) is 11.1. The first kappa shape index (κ1) is 31.6. The van der Waals surface area contributed by atoms with Crippen LogP contribution in [0.3, 0.4) is 0 Å². The monoisotopic (exact) mass is 596 g/mol. The SMILES string of the molecule is NC(=O)[C@@H](CSSC[C@@H](NC(=O)c1ccc(CO[N+](=O)[O-])cc1)C(N)=O)NC(=O)c1ccc(CO[N+](=O)[O-])cc1. The average Bonchev–Trinajstić information content (AvgIpc) is 2.91. The molecule has 4 amide bonds. The Hall–Kier alpha value is -4.58. The van der Waals surface area contributed by atoms with Crippen molar-refractivity contribution < 1.29 is 39.0 Å². The molecule has 6 N–H and O–H groups in total. The van der Waals surface area contributed by atoms with Crippen molar-refractivity contribution in [3.05, 3.63) is 91.0 Å². The molecule has 0 unspecified atom stereocenters. The first-order valence-corrected chi connectivity index (χ1v) is 13.6. The van der Waals surface area contributed by atoms with E-state index in [4.69, 9.17) is 11.5 Å². The fourth-order valence-electron chi connectivity index (χ4n) is 2.86. The van der Waals surface area contributed by atoms with E-state index >= 15 is 0 Å². The molecule has 0 bridgehead atoms. The molecular weight excluding hydrogens is 572 g/mol. The lowest BCUT2D eigenvalue weighted by atomic mass is 10.1. The van der Waals surface area contributed by atoms with E-state index in [2.05, 4.69) is 20.3 Å². The van der Waals surface area contributed by atoms with E-state index in [0.29, 0.717) is 11.1 Å².